The summed E-state index contributed by atoms with van der Waals surface area (Å²) in [5.41, 5.74) is 3.93. The molecular formula is C59H80N4O12. The fourth-order valence-electron chi connectivity index (χ4n) is 11.6. The quantitative estimate of drug-likeness (QED) is 0.0193. The van der Waals surface area contributed by atoms with Crippen molar-refractivity contribution in [2.24, 2.45) is 22.9 Å². The summed E-state index contributed by atoms with van der Waals surface area (Å²) in [4.78, 5) is 36.7. The van der Waals surface area contributed by atoms with Crippen molar-refractivity contribution >= 4 is 17.5 Å². The number of allylic oxidation sites excluding steroid dienone is 1. The number of hydrogen-bond donors (Lipinski definition) is 2. The molecule has 1 saturated heterocycles. The Hall–Kier alpha value is -5.68. The molecule has 0 spiro atoms. The van der Waals surface area contributed by atoms with Crippen LogP contribution in [-0.2, 0) is 27.5 Å². The van der Waals surface area contributed by atoms with Gasteiger partial charge >= 0.3 is 6.09 Å². The van der Waals surface area contributed by atoms with E-state index in [1.54, 1.807) is 23.1 Å². The number of non-ortho nitro benzene ring substituents is 1. The molecule has 0 aromatic heterocycles. The number of nitrogens with zero attached hydrogens (tertiary/aromatic N) is 4. The number of fused-ring (bicyclic) bond motifs is 3. The molecule has 3 aromatic carbocycles. The average Bonchev–Trinajstić information content (AvgIpc) is 4.16. The fourth-order valence-corrected chi connectivity index (χ4v) is 11.6. The maximum atomic E-state index is 15.3. The molecule has 0 unspecified atom stereocenters. The third kappa shape index (κ3) is 14.4. The molecule has 3 heterocycles. The average molecular weight is 1040 g/mol. The summed E-state index contributed by atoms with van der Waals surface area (Å²) in [6.07, 6.45) is 19.5. The lowest BCUT2D eigenvalue weighted by Crippen LogP contribution is -2.70. The Labute approximate surface area is 443 Å². The zero-order valence-electron chi connectivity index (χ0n) is 44.1. The van der Waals surface area contributed by atoms with Crippen molar-refractivity contribution in [2.75, 3.05) is 59.5 Å². The summed E-state index contributed by atoms with van der Waals surface area (Å²) in [5, 5.41) is 36.6. The summed E-state index contributed by atoms with van der Waals surface area (Å²) < 4.78 is 39.1. The molecule has 6 atom stereocenters. The molecule has 3 aromatic rings. The van der Waals surface area contributed by atoms with Crippen molar-refractivity contribution in [3.8, 4) is 23.0 Å². The Bertz CT molecular complexity index is 2390. The molecule has 3 aliphatic heterocycles. The lowest BCUT2D eigenvalue weighted by atomic mass is 9.55. The normalized spacial score (nSPS) is 22.6. The highest BCUT2D eigenvalue weighted by Gasteiger charge is 2.66. The molecule has 2 fully saturated rings. The van der Waals surface area contributed by atoms with Crippen molar-refractivity contribution in [3.63, 3.8) is 0 Å². The Morgan fingerprint density at radius 1 is 0.867 bits per heavy atom. The lowest BCUT2D eigenvalue weighted by Gasteiger charge is -2.59. The van der Waals surface area contributed by atoms with E-state index in [1.165, 1.54) is 50.7 Å². The van der Waals surface area contributed by atoms with Gasteiger partial charge in [-0.05, 0) is 103 Å². The van der Waals surface area contributed by atoms with Gasteiger partial charge in [-0.3, -0.25) is 19.9 Å². The third-order valence-electron chi connectivity index (χ3n) is 15.5. The zero-order chi connectivity index (χ0) is 52.4. The highest BCUT2D eigenvalue weighted by Crippen LogP contribution is 2.62. The molecule has 2 aliphatic carbocycles. The SMILES string of the molecule is C=CCO[C@@]12Oc3ccc(OCCN4CC4)cc3[C@H]3[C@H](CCCCO)[C@@H](CCCCO)C=C(C(=NOCc4ccc([N+](=O)[O-])cc4)C[C@@H]1N(Cc1ccc4c(c1)OCO4)C(=O)OCCCCCCCCCCCC)[C@H]32. The predicted octanol–water partition coefficient (Wildman–Crippen LogP) is 11.4. The number of unbranched alkanes of at least 4 members (excludes halogenated alkanes) is 11. The fraction of sp³-hybridized carbons (Fsp3) is 0.593. The molecule has 1 saturated carbocycles. The number of nitro benzene ring substituents is 1. The van der Waals surface area contributed by atoms with Crippen molar-refractivity contribution in [1.82, 2.24) is 9.80 Å². The molecular weight excluding hydrogens is 957 g/mol. The van der Waals surface area contributed by atoms with Gasteiger partial charge in [-0.25, -0.2) is 4.79 Å². The number of ether oxygens (including phenoxy) is 6. The van der Waals surface area contributed by atoms with Gasteiger partial charge in [0.1, 0.15) is 30.8 Å². The second kappa shape index (κ2) is 27.9. The van der Waals surface area contributed by atoms with Crippen LogP contribution >= 0.6 is 0 Å². The summed E-state index contributed by atoms with van der Waals surface area (Å²) in [7, 11) is 0. The van der Waals surface area contributed by atoms with Crippen LogP contribution in [0.1, 0.15) is 139 Å². The van der Waals surface area contributed by atoms with Gasteiger partial charge in [0.25, 0.3) is 5.69 Å². The number of amides is 1. The number of nitro groups is 1. The van der Waals surface area contributed by atoms with Gasteiger partial charge in [-0.15, -0.1) is 6.58 Å². The molecule has 8 rings (SSSR count). The second-order valence-corrected chi connectivity index (χ2v) is 20.8. The topological polar surface area (TPSA) is 184 Å². The van der Waals surface area contributed by atoms with E-state index in [0.29, 0.717) is 48.0 Å². The minimum Gasteiger partial charge on any atom is -0.492 e. The minimum atomic E-state index is -1.52. The van der Waals surface area contributed by atoms with Gasteiger partial charge in [0.05, 0.1) is 29.8 Å². The molecule has 1 amide bonds. The van der Waals surface area contributed by atoms with Crippen LogP contribution in [0.4, 0.5) is 10.5 Å². The number of benzene rings is 3. The third-order valence-corrected chi connectivity index (χ3v) is 15.5. The van der Waals surface area contributed by atoms with Crippen molar-refractivity contribution < 1.29 is 53.2 Å². The first kappa shape index (κ1) is 55.5. The second-order valence-electron chi connectivity index (χ2n) is 20.8. The van der Waals surface area contributed by atoms with E-state index < -0.39 is 28.8 Å². The number of rotatable bonds is 33. The highest BCUT2D eigenvalue weighted by molar-refractivity contribution is 6.03. The predicted molar refractivity (Wildman–Crippen MR) is 286 cm³/mol. The summed E-state index contributed by atoms with van der Waals surface area (Å²) >= 11 is 0. The van der Waals surface area contributed by atoms with E-state index in [1.807, 2.05) is 30.3 Å². The van der Waals surface area contributed by atoms with Crippen LogP contribution in [0, 0.1) is 27.9 Å². The first-order valence-electron chi connectivity index (χ1n) is 27.9. The molecule has 5 aliphatic rings. The maximum Gasteiger partial charge on any atom is 0.410 e. The van der Waals surface area contributed by atoms with Crippen LogP contribution in [0.5, 0.6) is 23.0 Å². The minimum absolute atomic E-state index is 0.0119. The largest absolute Gasteiger partial charge is 0.492 e. The first-order chi connectivity index (χ1) is 36.8. The molecule has 2 N–H and O–H groups in total. The van der Waals surface area contributed by atoms with E-state index in [2.05, 4.69) is 30.5 Å². The van der Waals surface area contributed by atoms with Crippen LogP contribution in [0.25, 0.3) is 0 Å². The van der Waals surface area contributed by atoms with Crippen molar-refractivity contribution in [1.29, 1.82) is 0 Å². The van der Waals surface area contributed by atoms with Crippen molar-refractivity contribution in [3.05, 3.63) is 112 Å². The summed E-state index contributed by atoms with van der Waals surface area (Å²) in [6.45, 7) is 10.6. The van der Waals surface area contributed by atoms with Crippen LogP contribution in [-0.4, -0.2) is 108 Å². The molecule has 0 bridgehead atoms. The van der Waals surface area contributed by atoms with Crippen LogP contribution in [0.15, 0.2) is 90.1 Å². The number of carbonyl (C=O) groups excluding carboxylic acids is 1. The maximum absolute atomic E-state index is 15.3. The Morgan fingerprint density at radius 3 is 2.29 bits per heavy atom. The van der Waals surface area contributed by atoms with E-state index >= 15 is 4.79 Å². The van der Waals surface area contributed by atoms with Crippen molar-refractivity contribution in [2.45, 2.75) is 147 Å². The summed E-state index contributed by atoms with van der Waals surface area (Å²) in [5.74, 6) is 0.264. The van der Waals surface area contributed by atoms with E-state index in [4.69, 9.17) is 38.4 Å². The molecule has 0 radical (unpaired) electrons. The number of aliphatic hydroxyl groups is 2. The standard InChI is InChI=1S/C59H80N4O12/c1-3-5-6-7-8-9-10-11-12-17-34-70-58(66)62(40-44-22-26-53-54(36-44)72-42-71-53)55-39-51(60-74-41-43-20-23-46(24-21-43)63(67)68)49-37-45(18-13-15-31-64)48(19-14-16-32-65)56-50-38-47(69-35-30-61-28-29-61)25-27-52(50)75-59(55,57(49)56)73-33-4-2/h4,20-27,36-38,45,48,55-57,64-65H,2-3,5-19,28-35,39-42H2,1H3/t45-,48+,55-,56+,57+,59+/m0/s1. The Kier molecular flexibility index (Phi) is 20.7. The van der Waals surface area contributed by atoms with Gasteiger partial charge in [-0.2, -0.15) is 0 Å². The monoisotopic (exact) mass is 1040 g/mol. The van der Waals surface area contributed by atoms with Crippen LogP contribution in [0.2, 0.25) is 0 Å². The Balaban J connectivity index is 1.22. The van der Waals surface area contributed by atoms with Gasteiger partial charge < -0.3 is 43.5 Å². The van der Waals surface area contributed by atoms with Crippen LogP contribution < -0.4 is 18.9 Å². The van der Waals surface area contributed by atoms with Gasteiger partial charge in [0, 0.05) is 69.4 Å². The molecule has 16 nitrogen and oxygen atoms in total. The zero-order valence-corrected chi connectivity index (χ0v) is 44.1. The molecule has 16 heteroatoms. The lowest BCUT2D eigenvalue weighted by molar-refractivity contribution is -0.384. The first-order valence-corrected chi connectivity index (χ1v) is 27.9. The Morgan fingerprint density at radius 2 is 1.57 bits per heavy atom. The van der Waals surface area contributed by atoms with E-state index in [-0.39, 0.29) is 76.2 Å². The van der Waals surface area contributed by atoms with Crippen LogP contribution in [0.3, 0.4) is 0 Å². The summed E-state index contributed by atoms with van der Waals surface area (Å²) in [6, 6.07) is 17.1. The van der Waals surface area contributed by atoms with E-state index in [0.717, 1.165) is 93.5 Å². The van der Waals surface area contributed by atoms with Gasteiger partial charge in [0.2, 0.25) is 12.6 Å². The van der Waals surface area contributed by atoms with Gasteiger partial charge in [0.15, 0.2) is 11.5 Å². The van der Waals surface area contributed by atoms with Gasteiger partial charge in [-0.1, -0.05) is 101 Å². The number of aliphatic hydroxyl groups excluding tert-OH is 2. The molecule has 75 heavy (non-hydrogen) atoms. The number of oxime groups is 1. The number of carbonyl (C=O) groups is 1. The van der Waals surface area contributed by atoms with E-state index in [9.17, 15) is 20.3 Å². The number of hydrogen-bond acceptors (Lipinski definition) is 14. The highest BCUT2D eigenvalue weighted by atomic mass is 16.7. The molecule has 408 valence electrons. The smallest absolute Gasteiger partial charge is 0.410 e.